The molecule has 1 unspecified atom stereocenters. The minimum absolute atomic E-state index is 0.237. The summed E-state index contributed by atoms with van der Waals surface area (Å²) in [6.45, 7) is 4.29. The molecule has 2 rings (SSSR count). The van der Waals surface area contributed by atoms with Gasteiger partial charge in [-0.2, -0.15) is 0 Å². The second-order valence-electron chi connectivity index (χ2n) is 5.48. The molecule has 2 aromatic rings. The summed E-state index contributed by atoms with van der Waals surface area (Å²) in [7, 11) is 0. The summed E-state index contributed by atoms with van der Waals surface area (Å²) in [5.41, 5.74) is 11.6. The molecule has 0 radical (unpaired) electrons. The number of nitrogens with two attached hydrogens (primary N) is 1. The van der Waals surface area contributed by atoms with E-state index in [9.17, 15) is 0 Å². The molecule has 0 aliphatic heterocycles. The lowest BCUT2D eigenvalue weighted by Crippen LogP contribution is -2.23. The number of hydrogen-bond donors (Lipinski definition) is 1. The molecule has 2 aromatic carbocycles. The molecule has 0 saturated heterocycles. The van der Waals surface area contributed by atoms with Gasteiger partial charge in [-0.3, -0.25) is 0 Å². The monoisotopic (exact) mass is 253 g/mol. The molecule has 0 spiro atoms. The summed E-state index contributed by atoms with van der Waals surface area (Å²) in [6, 6.07) is 17.5. The minimum atomic E-state index is 0.237. The summed E-state index contributed by atoms with van der Waals surface area (Å²) in [5.74, 6) is 0. The first kappa shape index (κ1) is 13.8. The van der Waals surface area contributed by atoms with Crippen LogP contribution in [0.1, 0.15) is 28.7 Å². The van der Waals surface area contributed by atoms with Gasteiger partial charge in [0, 0.05) is 6.04 Å². The van der Waals surface area contributed by atoms with E-state index in [0.29, 0.717) is 0 Å². The molecule has 1 atom stereocenters. The molecule has 1 nitrogen and oxygen atoms in total. The maximum absolute atomic E-state index is 6.25. The van der Waals surface area contributed by atoms with Crippen molar-refractivity contribution in [3.8, 4) is 0 Å². The zero-order valence-corrected chi connectivity index (χ0v) is 11.9. The molecule has 0 bridgehead atoms. The van der Waals surface area contributed by atoms with Crippen molar-refractivity contribution in [2.75, 3.05) is 0 Å². The van der Waals surface area contributed by atoms with E-state index < -0.39 is 0 Å². The number of aryl methyl sites for hydroxylation is 3. The van der Waals surface area contributed by atoms with Gasteiger partial charge in [0.05, 0.1) is 0 Å². The second-order valence-corrected chi connectivity index (χ2v) is 5.48. The van der Waals surface area contributed by atoms with Gasteiger partial charge in [0.1, 0.15) is 0 Å². The second kappa shape index (κ2) is 6.53. The first-order chi connectivity index (χ1) is 9.13. The smallest absolute Gasteiger partial charge is 0.00824 e. The highest BCUT2D eigenvalue weighted by Gasteiger charge is 2.05. The van der Waals surface area contributed by atoms with Gasteiger partial charge in [0.15, 0.2) is 0 Å². The Morgan fingerprint density at radius 3 is 2.16 bits per heavy atom. The fraction of sp³-hybridized carbons (Fsp3) is 0.333. The van der Waals surface area contributed by atoms with Crippen LogP contribution in [0.4, 0.5) is 0 Å². The Morgan fingerprint density at radius 1 is 0.895 bits per heavy atom. The maximum Gasteiger partial charge on any atom is 0.00824 e. The van der Waals surface area contributed by atoms with Crippen molar-refractivity contribution in [2.45, 2.75) is 39.2 Å². The van der Waals surface area contributed by atoms with Crippen LogP contribution in [0.3, 0.4) is 0 Å². The lowest BCUT2D eigenvalue weighted by Gasteiger charge is -2.13. The van der Waals surface area contributed by atoms with E-state index in [1.165, 1.54) is 22.3 Å². The SMILES string of the molecule is Cc1cc(C)cc(CC(N)CCc2ccccc2)c1. The molecule has 0 aliphatic rings. The van der Waals surface area contributed by atoms with Crippen molar-refractivity contribution in [2.24, 2.45) is 5.73 Å². The maximum atomic E-state index is 6.25. The molecular formula is C18H23N. The number of rotatable bonds is 5. The lowest BCUT2D eigenvalue weighted by atomic mass is 9.97. The average molecular weight is 253 g/mol. The highest BCUT2D eigenvalue weighted by molar-refractivity contribution is 5.29. The highest BCUT2D eigenvalue weighted by atomic mass is 14.6. The van der Waals surface area contributed by atoms with Crippen LogP contribution in [-0.4, -0.2) is 6.04 Å². The Kier molecular flexibility index (Phi) is 4.75. The Labute approximate surface area is 116 Å². The number of benzene rings is 2. The standard InChI is InChI=1S/C18H23N/c1-14-10-15(2)12-17(11-14)13-18(19)9-8-16-6-4-3-5-7-16/h3-7,10-12,18H,8-9,13,19H2,1-2H3. The van der Waals surface area contributed by atoms with E-state index in [0.717, 1.165) is 19.3 Å². The van der Waals surface area contributed by atoms with Gasteiger partial charge in [0.25, 0.3) is 0 Å². The summed E-state index contributed by atoms with van der Waals surface area (Å²) >= 11 is 0. The van der Waals surface area contributed by atoms with E-state index in [-0.39, 0.29) is 6.04 Å². The lowest BCUT2D eigenvalue weighted by molar-refractivity contribution is 0.610. The third kappa shape index (κ3) is 4.53. The summed E-state index contributed by atoms with van der Waals surface area (Å²) in [5, 5.41) is 0. The Bertz CT molecular complexity index is 496. The van der Waals surface area contributed by atoms with E-state index in [4.69, 9.17) is 5.73 Å². The topological polar surface area (TPSA) is 26.0 Å². The van der Waals surface area contributed by atoms with Gasteiger partial charge in [-0.15, -0.1) is 0 Å². The van der Waals surface area contributed by atoms with Crippen molar-refractivity contribution in [3.63, 3.8) is 0 Å². The first-order valence-corrected chi connectivity index (χ1v) is 7.00. The molecule has 1 heteroatoms. The van der Waals surface area contributed by atoms with Crippen LogP contribution in [0, 0.1) is 13.8 Å². The summed E-state index contributed by atoms with van der Waals surface area (Å²) in [4.78, 5) is 0. The van der Waals surface area contributed by atoms with Crippen molar-refractivity contribution in [3.05, 3.63) is 70.8 Å². The molecule has 0 heterocycles. The molecule has 100 valence electrons. The van der Waals surface area contributed by atoms with Crippen LogP contribution in [0.15, 0.2) is 48.5 Å². The molecule has 0 aromatic heterocycles. The predicted octanol–water partition coefficient (Wildman–Crippen LogP) is 3.81. The minimum Gasteiger partial charge on any atom is -0.327 e. The molecule has 0 saturated carbocycles. The average Bonchev–Trinajstić information content (AvgIpc) is 2.36. The van der Waals surface area contributed by atoms with Crippen molar-refractivity contribution in [1.29, 1.82) is 0 Å². The highest BCUT2D eigenvalue weighted by Crippen LogP contribution is 2.12. The van der Waals surface area contributed by atoms with E-state index >= 15 is 0 Å². The quantitative estimate of drug-likeness (QED) is 0.861. The van der Waals surface area contributed by atoms with Crippen LogP contribution in [-0.2, 0) is 12.8 Å². The third-order valence-electron chi connectivity index (χ3n) is 3.43. The van der Waals surface area contributed by atoms with Gasteiger partial charge in [-0.05, 0) is 44.2 Å². The third-order valence-corrected chi connectivity index (χ3v) is 3.43. The van der Waals surface area contributed by atoms with E-state index in [2.05, 4.69) is 62.4 Å². The summed E-state index contributed by atoms with van der Waals surface area (Å²) in [6.07, 6.45) is 3.07. The van der Waals surface area contributed by atoms with Crippen LogP contribution >= 0.6 is 0 Å². The predicted molar refractivity (Wildman–Crippen MR) is 82.4 cm³/mol. The first-order valence-electron chi connectivity index (χ1n) is 7.00. The molecular weight excluding hydrogens is 230 g/mol. The Hall–Kier alpha value is -1.60. The zero-order chi connectivity index (χ0) is 13.7. The van der Waals surface area contributed by atoms with Crippen LogP contribution in [0.5, 0.6) is 0 Å². The fourth-order valence-electron chi connectivity index (χ4n) is 2.59. The van der Waals surface area contributed by atoms with Crippen molar-refractivity contribution in [1.82, 2.24) is 0 Å². The van der Waals surface area contributed by atoms with Crippen LogP contribution < -0.4 is 5.73 Å². The molecule has 0 amide bonds. The van der Waals surface area contributed by atoms with Crippen molar-refractivity contribution < 1.29 is 0 Å². The van der Waals surface area contributed by atoms with Crippen LogP contribution in [0.2, 0.25) is 0 Å². The van der Waals surface area contributed by atoms with Crippen LogP contribution in [0.25, 0.3) is 0 Å². The molecule has 0 aliphatic carbocycles. The molecule has 19 heavy (non-hydrogen) atoms. The number of hydrogen-bond acceptors (Lipinski definition) is 1. The van der Waals surface area contributed by atoms with Gasteiger partial charge < -0.3 is 5.73 Å². The largest absolute Gasteiger partial charge is 0.327 e. The normalized spacial score (nSPS) is 12.4. The molecule has 0 fully saturated rings. The van der Waals surface area contributed by atoms with Gasteiger partial charge in [-0.25, -0.2) is 0 Å². The van der Waals surface area contributed by atoms with Gasteiger partial charge in [-0.1, -0.05) is 59.7 Å². The van der Waals surface area contributed by atoms with Gasteiger partial charge >= 0.3 is 0 Å². The summed E-state index contributed by atoms with van der Waals surface area (Å²) < 4.78 is 0. The zero-order valence-electron chi connectivity index (χ0n) is 11.9. The molecule has 2 N–H and O–H groups in total. The van der Waals surface area contributed by atoms with Crippen molar-refractivity contribution >= 4 is 0 Å². The fourth-order valence-corrected chi connectivity index (χ4v) is 2.59. The van der Waals surface area contributed by atoms with E-state index in [1.54, 1.807) is 0 Å². The van der Waals surface area contributed by atoms with E-state index in [1.807, 2.05) is 0 Å². The Morgan fingerprint density at radius 2 is 1.53 bits per heavy atom. The Balaban J connectivity index is 1.89. The van der Waals surface area contributed by atoms with Gasteiger partial charge in [0.2, 0.25) is 0 Å².